The van der Waals surface area contributed by atoms with Crippen LogP contribution in [0.4, 0.5) is 5.95 Å². The number of hydrogen-bond donors (Lipinski definition) is 1. The number of amides is 1. The highest BCUT2D eigenvalue weighted by Gasteiger charge is 2.33. The number of nitrogen functional groups attached to an aromatic ring is 1. The van der Waals surface area contributed by atoms with Crippen molar-refractivity contribution < 1.29 is 19.0 Å². The molecule has 2 aromatic heterocycles. The van der Waals surface area contributed by atoms with Gasteiger partial charge in [0.2, 0.25) is 11.9 Å². The normalized spacial score (nSPS) is 13.4. The van der Waals surface area contributed by atoms with E-state index in [9.17, 15) is 9.59 Å². The van der Waals surface area contributed by atoms with Crippen molar-refractivity contribution in [2.24, 2.45) is 0 Å². The van der Waals surface area contributed by atoms with Gasteiger partial charge in [-0.25, -0.2) is 4.98 Å². The summed E-state index contributed by atoms with van der Waals surface area (Å²) >= 11 is 13.7. The van der Waals surface area contributed by atoms with Gasteiger partial charge in [0, 0.05) is 69.1 Å². The maximum Gasteiger partial charge on any atom is 0.260 e. The zero-order valence-corrected chi connectivity index (χ0v) is 26.3. The number of nitrogens with two attached hydrogens (primary N) is 1. The Bertz CT molecular complexity index is 1530. The average molecular weight is 634 g/mol. The number of rotatable bonds is 15. The van der Waals surface area contributed by atoms with Crippen LogP contribution >= 0.6 is 23.2 Å². The molecule has 0 aliphatic carbocycles. The molecule has 13 heteroatoms. The SMILES string of the molecule is C=CC(=O)N1CC(N(CCOC)CCn2c(=O)c(-c3c(Cl)c(OC)cc(OCCCCC)c3Cl)cc3cnc(N)nc32)C1. The number of likely N-dealkylation sites (tertiary alicyclic amines) is 1. The Balaban J connectivity index is 1.75. The fourth-order valence-electron chi connectivity index (χ4n) is 5.08. The summed E-state index contributed by atoms with van der Waals surface area (Å²) in [6.07, 6.45) is 5.79. The first-order valence-corrected chi connectivity index (χ1v) is 15.0. The standard InChI is InChI=1S/C30H38Cl2N6O5/c1-5-7-8-12-43-23-15-22(42-4)26(31)25(27(23)32)21-14-19-16-34-30(33)35-28(19)38(29(21)40)10-9-36(11-13-41-3)20-17-37(18-20)24(39)6-2/h6,14-16,20H,2,5,7-13,17-18H2,1,3-4H3,(H2,33,34,35). The van der Waals surface area contributed by atoms with E-state index in [4.69, 9.17) is 43.1 Å². The van der Waals surface area contributed by atoms with Crippen LogP contribution in [0.25, 0.3) is 22.2 Å². The van der Waals surface area contributed by atoms with Gasteiger partial charge in [-0.2, -0.15) is 4.98 Å². The molecule has 0 bridgehead atoms. The molecule has 1 aliphatic heterocycles. The van der Waals surface area contributed by atoms with E-state index < -0.39 is 0 Å². The number of fused-ring (bicyclic) bond motifs is 1. The van der Waals surface area contributed by atoms with Crippen LogP contribution in [-0.2, 0) is 16.1 Å². The first-order chi connectivity index (χ1) is 20.7. The van der Waals surface area contributed by atoms with Gasteiger partial charge < -0.3 is 24.8 Å². The Hall–Kier alpha value is -3.38. The molecular formula is C30H38Cl2N6O5. The van der Waals surface area contributed by atoms with Crippen molar-refractivity contribution in [2.45, 2.75) is 38.8 Å². The molecule has 232 valence electrons. The predicted octanol–water partition coefficient (Wildman–Crippen LogP) is 4.27. The minimum atomic E-state index is -0.358. The van der Waals surface area contributed by atoms with Crippen LogP contribution in [0, 0.1) is 0 Å². The maximum atomic E-state index is 14.2. The van der Waals surface area contributed by atoms with E-state index in [-0.39, 0.29) is 45.6 Å². The fourth-order valence-corrected chi connectivity index (χ4v) is 5.76. The summed E-state index contributed by atoms with van der Waals surface area (Å²) in [5.41, 5.74) is 6.52. The third-order valence-electron chi connectivity index (χ3n) is 7.53. The number of methoxy groups -OCH3 is 2. The Morgan fingerprint density at radius 1 is 1.16 bits per heavy atom. The largest absolute Gasteiger partial charge is 0.495 e. The average Bonchev–Trinajstić information content (AvgIpc) is 2.97. The van der Waals surface area contributed by atoms with Gasteiger partial charge in [0.1, 0.15) is 17.1 Å². The van der Waals surface area contributed by atoms with Crippen molar-refractivity contribution in [3.63, 3.8) is 0 Å². The van der Waals surface area contributed by atoms with Crippen molar-refractivity contribution in [3.8, 4) is 22.6 Å². The van der Waals surface area contributed by atoms with Crippen LogP contribution < -0.4 is 20.8 Å². The number of nitrogens with zero attached hydrogens (tertiary/aromatic N) is 5. The second-order valence-electron chi connectivity index (χ2n) is 10.3. The molecular weight excluding hydrogens is 595 g/mol. The highest BCUT2D eigenvalue weighted by Crippen LogP contribution is 2.45. The number of hydrogen-bond acceptors (Lipinski definition) is 9. The lowest BCUT2D eigenvalue weighted by Gasteiger charge is -2.45. The number of unbranched alkanes of at least 4 members (excludes halogenated alkanes) is 2. The molecule has 3 heterocycles. The van der Waals surface area contributed by atoms with E-state index in [1.165, 1.54) is 13.2 Å². The molecule has 1 amide bonds. The maximum absolute atomic E-state index is 14.2. The van der Waals surface area contributed by atoms with Crippen LogP contribution in [0.5, 0.6) is 11.5 Å². The van der Waals surface area contributed by atoms with Gasteiger partial charge >= 0.3 is 0 Å². The predicted molar refractivity (Wildman–Crippen MR) is 169 cm³/mol. The van der Waals surface area contributed by atoms with Gasteiger partial charge in [-0.05, 0) is 18.6 Å². The zero-order chi connectivity index (χ0) is 31.1. The van der Waals surface area contributed by atoms with Crippen molar-refractivity contribution in [1.29, 1.82) is 0 Å². The number of carbonyl (C=O) groups excluding carboxylic acids is 1. The Labute approximate surface area is 261 Å². The lowest BCUT2D eigenvalue weighted by molar-refractivity contribution is -0.133. The molecule has 3 aromatic rings. The van der Waals surface area contributed by atoms with Crippen LogP contribution in [0.15, 0.2) is 35.8 Å². The van der Waals surface area contributed by atoms with E-state index in [1.54, 1.807) is 34.9 Å². The number of benzene rings is 1. The summed E-state index contributed by atoms with van der Waals surface area (Å²) in [6, 6.07) is 3.41. The zero-order valence-electron chi connectivity index (χ0n) is 24.8. The number of carbonyl (C=O) groups is 1. The molecule has 0 radical (unpaired) electrons. The van der Waals surface area contributed by atoms with Crippen molar-refractivity contribution >= 4 is 46.1 Å². The highest BCUT2D eigenvalue weighted by molar-refractivity contribution is 6.41. The van der Waals surface area contributed by atoms with Gasteiger partial charge in [0.25, 0.3) is 5.56 Å². The highest BCUT2D eigenvalue weighted by atomic mass is 35.5. The topological polar surface area (TPSA) is 125 Å². The fraction of sp³-hybridized carbons (Fsp3) is 0.467. The summed E-state index contributed by atoms with van der Waals surface area (Å²) in [5, 5.41) is 0.986. The third kappa shape index (κ3) is 7.23. The first-order valence-electron chi connectivity index (χ1n) is 14.2. The van der Waals surface area contributed by atoms with Crippen LogP contribution in [0.2, 0.25) is 10.0 Å². The molecule has 0 atom stereocenters. The van der Waals surface area contributed by atoms with E-state index in [2.05, 4.69) is 28.4 Å². The molecule has 11 nitrogen and oxygen atoms in total. The Morgan fingerprint density at radius 2 is 1.91 bits per heavy atom. The summed E-state index contributed by atoms with van der Waals surface area (Å²) in [6.45, 7) is 9.14. The smallest absolute Gasteiger partial charge is 0.260 e. The van der Waals surface area contributed by atoms with Crippen molar-refractivity contribution in [3.05, 3.63) is 51.4 Å². The lowest BCUT2D eigenvalue weighted by Crippen LogP contribution is -2.61. The number of pyridine rings is 1. The van der Waals surface area contributed by atoms with E-state index in [0.29, 0.717) is 67.5 Å². The molecule has 1 saturated heterocycles. The van der Waals surface area contributed by atoms with Gasteiger partial charge in [-0.15, -0.1) is 0 Å². The number of halogens is 2. The van der Waals surface area contributed by atoms with Crippen molar-refractivity contribution in [2.75, 3.05) is 59.3 Å². The number of anilines is 1. The molecule has 4 rings (SSSR count). The summed E-state index contributed by atoms with van der Waals surface area (Å²) in [4.78, 5) is 38.7. The van der Waals surface area contributed by atoms with E-state index >= 15 is 0 Å². The molecule has 0 unspecified atom stereocenters. The monoisotopic (exact) mass is 632 g/mol. The molecule has 1 aliphatic rings. The van der Waals surface area contributed by atoms with Crippen LogP contribution in [0.1, 0.15) is 26.2 Å². The van der Waals surface area contributed by atoms with Gasteiger partial charge in [0.15, 0.2) is 0 Å². The molecule has 0 spiro atoms. The first kappa shape index (κ1) is 32.5. The Morgan fingerprint density at radius 3 is 2.58 bits per heavy atom. The lowest BCUT2D eigenvalue weighted by atomic mass is 10.0. The summed E-state index contributed by atoms with van der Waals surface area (Å²) in [7, 11) is 3.13. The second-order valence-corrected chi connectivity index (χ2v) is 11.0. The molecule has 43 heavy (non-hydrogen) atoms. The van der Waals surface area contributed by atoms with Crippen LogP contribution in [0.3, 0.4) is 0 Å². The number of aromatic nitrogens is 3. The quantitative estimate of drug-likeness (QED) is 0.193. The minimum Gasteiger partial charge on any atom is -0.495 e. The van der Waals surface area contributed by atoms with E-state index in [0.717, 1.165) is 19.3 Å². The molecule has 1 fully saturated rings. The molecule has 0 saturated carbocycles. The molecule has 1 aromatic carbocycles. The molecule has 2 N–H and O–H groups in total. The van der Waals surface area contributed by atoms with Gasteiger partial charge in [0.05, 0.1) is 35.9 Å². The van der Waals surface area contributed by atoms with E-state index in [1.807, 2.05) is 0 Å². The second kappa shape index (κ2) is 14.9. The minimum absolute atomic E-state index is 0.0439. The summed E-state index contributed by atoms with van der Waals surface area (Å²) in [5.74, 6) is 0.650. The Kier molecular flexibility index (Phi) is 11.3. The third-order valence-corrected chi connectivity index (χ3v) is 8.28. The summed E-state index contributed by atoms with van der Waals surface area (Å²) < 4.78 is 18.4. The van der Waals surface area contributed by atoms with Crippen LogP contribution in [-0.4, -0.2) is 89.9 Å². The number of ether oxygens (including phenoxy) is 3. The van der Waals surface area contributed by atoms with Crippen molar-refractivity contribution in [1.82, 2.24) is 24.3 Å². The van der Waals surface area contributed by atoms with Gasteiger partial charge in [-0.1, -0.05) is 49.5 Å². The van der Waals surface area contributed by atoms with Gasteiger partial charge in [-0.3, -0.25) is 19.1 Å².